The summed E-state index contributed by atoms with van der Waals surface area (Å²) in [6.07, 6.45) is 0. The van der Waals surface area contributed by atoms with E-state index >= 15 is 0 Å². The van der Waals surface area contributed by atoms with Gasteiger partial charge in [0.25, 0.3) is 0 Å². The number of fused-ring (bicyclic) bond motifs is 1. The van der Waals surface area contributed by atoms with Crippen LogP contribution < -0.4 is 0 Å². The molecule has 0 aliphatic heterocycles. The lowest BCUT2D eigenvalue weighted by molar-refractivity contribution is 1.74. The van der Waals surface area contributed by atoms with Gasteiger partial charge in [-0.25, -0.2) is 0 Å². The van der Waals surface area contributed by atoms with Gasteiger partial charge in [-0.05, 0) is 40.8 Å². The van der Waals surface area contributed by atoms with Crippen molar-refractivity contribution in [2.45, 2.75) is 0 Å². The lowest BCUT2D eigenvalue weighted by atomic mass is 10.3. The molecule has 62 valence electrons. The molecule has 0 saturated heterocycles. The molecule has 1 aromatic carbocycles. The zero-order valence-electron chi connectivity index (χ0n) is 5.77. The van der Waals surface area contributed by atoms with Gasteiger partial charge >= 0.3 is 0 Å². The Hall–Kier alpha value is 0.680. The van der Waals surface area contributed by atoms with Crippen LogP contribution >= 0.6 is 61.5 Å². The van der Waals surface area contributed by atoms with Crippen LogP contribution in [0.2, 0.25) is 4.34 Å². The van der Waals surface area contributed by atoms with Gasteiger partial charge in [-0.15, -0.1) is 11.3 Å². The highest BCUT2D eigenvalue weighted by atomic mass is 127. The topological polar surface area (TPSA) is 0 Å². The zero-order chi connectivity index (χ0) is 8.72. The van der Waals surface area contributed by atoms with E-state index in [0.717, 1.165) is 8.81 Å². The summed E-state index contributed by atoms with van der Waals surface area (Å²) in [4.78, 5) is 0. The summed E-state index contributed by atoms with van der Waals surface area (Å²) in [7, 11) is 0. The smallest absolute Gasteiger partial charge is 0.0941 e. The fraction of sp³-hybridized carbons (Fsp3) is 0. The second-order valence-corrected chi connectivity index (χ2v) is 6.02. The van der Waals surface area contributed by atoms with Crippen LogP contribution in [-0.4, -0.2) is 0 Å². The van der Waals surface area contributed by atoms with Crippen LogP contribution in [0.15, 0.2) is 22.7 Å². The maximum absolute atomic E-state index is 5.92. The first-order chi connectivity index (χ1) is 5.68. The monoisotopic (exact) mass is 372 g/mol. The molecular formula is C8H3BrClIS. The van der Waals surface area contributed by atoms with Crippen molar-refractivity contribution in [3.05, 3.63) is 30.6 Å². The molecule has 0 spiro atoms. The zero-order valence-corrected chi connectivity index (χ0v) is 11.1. The first-order valence-corrected chi connectivity index (χ1v) is 6.28. The third-order valence-electron chi connectivity index (χ3n) is 1.55. The standard InChI is InChI=1S/C8H3BrClIS/c9-5-1-2-6(11)8-4(5)3-7(10)12-8/h1-3H. The third-order valence-corrected chi connectivity index (χ3v) is 4.81. The number of benzene rings is 1. The van der Waals surface area contributed by atoms with Gasteiger partial charge in [0.1, 0.15) is 0 Å². The maximum Gasteiger partial charge on any atom is 0.0941 e. The molecule has 0 amide bonds. The highest BCUT2D eigenvalue weighted by molar-refractivity contribution is 14.1. The van der Waals surface area contributed by atoms with E-state index in [-0.39, 0.29) is 0 Å². The van der Waals surface area contributed by atoms with E-state index in [1.165, 1.54) is 13.7 Å². The molecule has 0 radical (unpaired) electrons. The summed E-state index contributed by atoms with van der Waals surface area (Å²) < 4.78 is 4.47. The second kappa shape index (κ2) is 3.44. The maximum atomic E-state index is 5.92. The molecule has 0 unspecified atom stereocenters. The Kier molecular flexibility index (Phi) is 2.65. The molecule has 0 saturated carbocycles. The minimum atomic E-state index is 0.842. The van der Waals surface area contributed by atoms with Gasteiger partial charge in [-0.1, -0.05) is 27.5 Å². The fourth-order valence-corrected chi connectivity index (χ4v) is 3.56. The highest BCUT2D eigenvalue weighted by Crippen LogP contribution is 2.36. The van der Waals surface area contributed by atoms with Crippen molar-refractivity contribution in [2.75, 3.05) is 0 Å². The van der Waals surface area contributed by atoms with Crippen LogP contribution in [0.3, 0.4) is 0 Å². The molecule has 12 heavy (non-hydrogen) atoms. The molecule has 0 aliphatic carbocycles. The van der Waals surface area contributed by atoms with Gasteiger partial charge < -0.3 is 0 Å². The lowest BCUT2D eigenvalue weighted by Gasteiger charge is -1.94. The quantitative estimate of drug-likeness (QED) is 0.575. The van der Waals surface area contributed by atoms with E-state index in [2.05, 4.69) is 44.6 Å². The number of thiophene rings is 1. The van der Waals surface area contributed by atoms with E-state index < -0.39 is 0 Å². The van der Waals surface area contributed by atoms with Crippen molar-refractivity contribution in [1.82, 2.24) is 0 Å². The Bertz CT molecular complexity index is 399. The average molecular weight is 373 g/mol. The van der Waals surface area contributed by atoms with Crippen LogP contribution in [0, 0.1) is 3.57 Å². The van der Waals surface area contributed by atoms with Crippen LogP contribution in [-0.2, 0) is 0 Å². The minimum Gasteiger partial charge on any atom is -0.122 e. The van der Waals surface area contributed by atoms with Gasteiger partial charge in [-0.3, -0.25) is 0 Å². The Morgan fingerprint density at radius 1 is 1.42 bits per heavy atom. The van der Waals surface area contributed by atoms with Gasteiger partial charge in [0.05, 0.1) is 9.04 Å². The highest BCUT2D eigenvalue weighted by Gasteiger charge is 2.05. The van der Waals surface area contributed by atoms with Crippen LogP contribution in [0.25, 0.3) is 10.1 Å². The van der Waals surface area contributed by atoms with Gasteiger partial charge in [0, 0.05) is 13.4 Å². The Balaban J connectivity index is 2.93. The molecule has 1 heterocycles. The second-order valence-electron chi connectivity index (χ2n) is 2.32. The molecule has 2 aromatic rings. The Morgan fingerprint density at radius 2 is 2.17 bits per heavy atom. The van der Waals surface area contributed by atoms with E-state index in [1.54, 1.807) is 11.3 Å². The van der Waals surface area contributed by atoms with Crippen molar-refractivity contribution in [2.24, 2.45) is 0 Å². The van der Waals surface area contributed by atoms with Crippen LogP contribution in [0.1, 0.15) is 0 Å². The number of halogens is 3. The van der Waals surface area contributed by atoms with Crippen LogP contribution in [0.5, 0.6) is 0 Å². The average Bonchev–Trinajstić information content (AvgIpc) is 2.41. The molecule has 0 N–H and O–H groups in total. The minimum absolute atomic E-state index is 0.842. The van der Waals surface area contributed by atoms with E-state index in [1.807, 2.05) is 12.1 Å². The first kappa shape index (κ1) is 9.24. The summed E-state index contributed by atoms with van der Waals surface area (Å²) in [6, 6.07) is 6.13. The summed E-state index contributed by atoms with van der Waals surface area (Å²) in [5.41, 5.74) is 0. The third kappa shape index (κ3) is 1.52. The van der Waals surface area contributed by atoms with E-state index in [9.17, 15) is 0 Å². The summed E-state index contributed by atoms with van der Waals surface area (Å²) in [5, 5.41) is 1.21. The van der Waals surface area contributed by atoms with Crippen molar-refractivity contribution >= 4 is 71.5 Å². The Morgan fingerprint density at radius 3 is 2.83 bits per heavy atom. The molecular weight excluding hydrogens is 370 g/mol. The largest absolute Gasteiger partial charge is 0.122 e. The van der Waals surface area contributed by atoms with Crippen molar-refractivity contribution in [3.8, 4) is 0 Å². The summed E-state index contributed by atoms with van der Waals surface area (Å²) >= 11 is 13.4. The lowest BCUT2D eigenvalue weighted by Crippen LogP contribution is -1.71. The predicted octanol–water partition coefficient (Wildman–Crippen LogP) is 4.92. The molecule has 0 bridgehead atoms. The molecule has 2 rings (SSSR count). The molecule has 0 nitrogen and oxygen atoms in total. The molecule has 1 aromatic heterocycles. The number of hydrogen-bond acceptors (Lipinski definition) is 1. The summed E-state index contributed by atoms with van der Waals surface area (Å²) in [6.45, 7) is 0. The van der Waals surface area contributed by atoms with Gasteiger partial charge in [0.15, 0.2) is 0 Å². The SMILES string of the molecule is Clc1cc2c(Br)ccc(I)c2s1. The van der Waals surface area contributed by atoms with E-state index in [4.69, 9.17) is 11.6 Å². The Labute approximate surface area is 101 Å². The molecule has 0 aliphatic rings. The molecule has 0 atom stereocenters. The van der Waals surface area contributed by atoms with Gasteiger partial charge in [0.2, 0.25) is 0 Å². The van der Waals surface area contributed by atoms with Crippen molar-refractivity contribution in [3.63, 3.8) is 0 Å². The summed E-state index contributed by atoms with van der Waals surface area (Å²) in [5.74, 6) is 0. The van der Waals surface area contributed by atoms with Crippen LogP contribution in [0.4, 0.5) is 0 Å². The number of hydrogen-bond donors (Lipinski definition) is 0. The first-order valence-electron chi connectivity index (χ1n) is 3.21. The number of rotatable bonds is 0. The molecule has 4 heteroatoms. The van der Waals surface area contributed by atoms with E-state index in [0.29, 0.717) is 0 Å². The normalized spacial score (nSPS) is 10.9. The van der Waals surface area contributed by atoms with Crippen molar-refractivity contribution < 1.29 is 0 Å². The van der Waals surface area contributed by atoms with Crippen molar-refractivity contribution in [1.29, 1.82) is 0 Å². The molecule has 0 fully saturated rings. The van der Waals surface area contributed by atoms with Gasteiger partial charge in [-0.2, -0.15) is 0 Å². The predicted molar refractivity (Wildman–Crippen MR) is 67.3 cm³/mol. The fourth-order valence-electron chi connectivity index (χ4n) is 1.03.